The number of ketones is 1. The third-order valence-electron chi connectivity index (χ3n) is 2.89. The van der Waals surface area contributed by atoms with Gasteiger partial charge in [-0.2, -0.15) is 0 Å². The second-order valence-corrected chi connectivity index (χ2v) is 14.0. The van der Waals surface area contributed by atoms with E-state index in [0.717, 1.165) is 9.07 Å². The monoisotopic (exact) mass is 371 g/mol. The van der Waals surface area contributed by atoms with Crippen LogP contribution in [0.1, 0.15) is 6.92 Å². The van der Waals surface area contributed by atoms with Crippen molar-refractivity contribution in [3.05, 3.63) is 20.0 Å². The fourth-order valence-corrected chi connectivity index (χ4v) is 8.36. The Morgan fingerprint density at radius 1 is 1.21 bits per heavy atom. The van der Waals surface area contributed by atoms with Crippen molar-refractivity contribution in [1.82, 2.24) is 0 Å². The minimum atomic E-state index is -1.89. The standard InChI is InChI=1S/C11H17O3Si2.2ClH.Ti/c1-6-13-16(5)9-7-8(12)10(11(9)16)14-15(2,3)4;;;/h6H2,1-5H3;2*1H;/q;;;+2/p-2. The van der Waals surface area contributed by atoms with E-state index >= 15 is 0 Å². The van der Waals surface area contributed by atoms with Crippen LogP contribution in [0.25, 0.3) is 0 Å². The summed E-state index contributed by atoms with van der Waals surface area (Å²) in [6.07, 6.45) is 0. The summed E-state index contributed by atoms with van der Waals surface area (Å²) in [5, 5.41) is 2.32. The molecule has 0 N–H and O–H groups in total. The Labute approximate surface area is 140 Å². The van der Waals surface area contributed by atoms with Gasteiger partial charge in [0.15, 0.2) is 0 Å². The fraction of sp³-hybridized carbons (Fsp3) is 0.545. The second-order valence-electron chi connectivity index (χ2n) is 5.46. The first-order valence-corrected chi connectivity index (χ1v) is 12.4. The van der Waals surface area contributed by atoms with Crippen LogP contribution < -0.4 is 24.8 Å². The van der Waals surface area contributed by atoms with Crippen LogP contribution in [0, 0.1) is 0 Å². The first-order chi connectivity index (χ1) is 7.72. The van der Waals surface area contributed by atoms with Crippen molar-refractivity contribution in [2.24, 2.45) is 0 Å². The van der Waals surface area contributed by atoms with Crippen LogP contribution >= 0.6 is 0 Å². The maximum atomic E-state index is 12.1. The van der Waals surface area contributed by atoms with E-state index in [2.05, 4.69) is 26.2 Å². The van der Waals surface area contributed by atoms with Crippen LogP contribution in [-0.2, 0) is 34.1 Å². The Bertz CT molecular complexity index is 471. The van der Waals surface area contributed by atoms with Gasteiger partial charge in [-0.25, -0.2) is 0 Å². The zero-order chi connectivity index (χ0) is 13.0. The van der Waals surface area contributed by atoms with Gasteiger partial charge in [0.2, 0.25) is 0 Å². The normalized spacial score (nSPS) is 24.9. The molecule has 1 fully saturated rings. The summed E-state index contributed by atoms with van der Waals surface area (Å²) in [7, 11) is -3.62. The molecule has 1 atom stereocenters. The fourth-order valence-electron chi connectivity index (χ4n) is 2.23. The van der Waals surface area contributed by atoms with Crippen LogP contribution in [0.5, 0.6) is 0 Å². The summed E-state index contributed by atoms with van der Waals surface area (Å²) >= 11 is 1.90. The summed E-state index contributed by atoms with van der Waals surface area (Å²) in [6.45, 7) is 11.2. The molecule has 1 saturated heterocycles. The SMILES string of the molecule is CCO[Si]1(C)C2=[C]([Ti+2])C(=O)C(O[Si](C)(C)C)=C21.[Cl-].[Cl-]. The van der Waals surface area contributed by atoms with Crippen molar-refractivity contribution in [2.75, 3.05) is 6.61 Å². The number of hydrogen-bond donors (Lipinski definition) is 0. The summed E-state index contributed by atoms with van der Waals surface area (Å²) in [6, 6.07) is 0. The van der Waals surface area contributed by atoms with Crippen LogP contribution in [0.3, 0.4) is 0 Å². The first-order valence-electron chi connectivity index (χ1n) is 5.81. The van der Waals surface area contributed by atoms with Gasteiger partial charge in [-0.15, -0.1) is 0 Å². The van der Waals surface area contributed by atoms with E-state index in [1.807, 2.05) is 27.4 Å². The Morgan fingerprint density at radius 3 is 2.16 bits per heavy atom. The number of Topliss-reactive ketones (excluding diaryl/α,β-unsaturated/α-hetero) is 1. The van der Waals surface area contributed by atoms with E-state index in [4.69, 9.17) is 8.85 Å². The zero-order valence-corrected chi connectivity index (χ0v) is 16.8. The van der Waals surface area contributed by atoms with Gasteiger partial charge in [-0.05, 0) is 0 Å². The minimum Gasteiger partial charge on any atom is -1.00 e. The largest absolute Gasteiger partial charge is 1.00 e. The summed E-state index contributed by atoms with van der Waals surface area (Å²) in [4.78, 5) is 12.1. The van der Waals surface area contributed by atoms with Gasteiger partial charge in [0.25, 0.3) is 0 Å². The van der Waals surface area contributed by atoms with Gasteiger partial charge in [0, 0.05) is 0 Å². The number of rotatable bonds is 4. The van der Waals surface area contributed by atoms with Gasteiger partial charge in [-0.3, -0.25) is 0 Å². The third-order valence-corrected chi connectivity index (χ3v) is 8.35. The number of carbonyl (C=O) groups excluding carboxylic acids is 1. The summed E-state index contributed by atoms with van der Waals surface area (Å²) < 4.78 is 12.7. The number of allylic oxidation sites excluding steroid dienone is 3. The van der Waals surface area contributed by atoms with E-state index in [-0.39, 0.29) is 30.6 Å². The molecule has 0 aromatic carbocycles. The van der Waals surface area contributed by atoms with Crippen LogP contribution in [0.4, 0.5) is 0 Å². The second kappa shape index (κ2) is 6.18. The van der Waals surface area contributed by atoms with Crippen LogP contribution in [0.15, 0.2) is 20.0 Å². The smallest absolute Gasteiger partial charge is 1.00 e. The predicted molar refractivity (Wildman–Crippen MR) is 66.7 cm³/mol. The number of fused-ring (bicyclic) bond motifs is 1. The van der Waals surface area contributed by atoms with E-state index in [1.165, 1.54) is 5.20 Å². The average molecular weight is 372 g/mol. The van der Waals surface area contributed by atoms with Gasteiger partial charge < -0.3 is 24.8 Å². The molecule has 0 aromatic rings. The molecule has 0 amide bonds. The summed E-state index contributed by atoms with van der Waals surface area (Å²) in [5.74, 6) is 0.696. The maximum Gasteiger partial charge on any atom is -1.00 e. The first kappa shape index (κ1) is 19.6. The molecule has 0 spiro atoms. The topological polar surface area (TPSA) is 35.5 Å². The van der Waals surface area contributed by atoms with Crippen molar-refractivity contribution in [3.8, 4) is 0 Å². The predicted octanol–water partition coefficient (Wildman–Crippen LogP) is -3.81. The number of carbonyl (C=O) groups is 1. The Hall–Kier alpha value is 0.638. The molecule has 105 valence electrons. The molecule has 1 aliphatic carbocycles. The van der Waals surface area contributed by atoms with Crippen molar-refractivity contribution in [3.63, 3.8) is 0 Å². The molecule has 1 unspecified atom stereocenters. The van der Waals surface area contributed by atoms with Gasteiger partial charge >= 0.3 is 116 Å². The number of halogens is 2. The molecular formula is C11H17Cl2O3Si2Ti. The molecule has 1 heterocycles. The molecule has 8 heteroatoms. The Morgan fingerprint density at radius 2 is 1.74 bits per heavy atom. The van der Waals surface area contributed by atoms with Crippen molar-refractivity contribution in [1.29, 1.82) is 0 Å². The van der Waals surface area contributed by atoms with E-state index < -0.39 is 16.6 Å². The summed E-state index contributed by atoms with van der Waals surface area (Å²) in [5.41, 5.74) is 0. The van der Waals surface area contributed by atoms with Gasteiger partial charge in [-0.1, -0.05) is 0 Å². The van der Waals surface area contributed by atoms with E-state index in [0.29, 0.717) is 12.4 Å². The molecule has 0 bridgehead atoms. The minimum absolute atomic E-state index is 0. The molecule has 19 heavy (non-hydrogen) atoms. The molecule has 0 saturated carbocycles. The molecule has 3 nitrogen and oxygen atoms in total. The third kappa shape index (κ3) is 3.28. The van der Waals surface area contributed by atoms with E-state index in [1.54, 1.807) is 0 Å². The van der Waals surface area contributed by atoms with Crippen molar-refractivity contribution in [2.45, 2.75) is 33.1 Å². The van der Waals surface area contributed by atoms with Crippen molar-refractivity contribution >= 4 is 22.4 Å². The van der Waals surface area contributed by atoms with Gasteiger partial charge in [0.05, 0.1) is 0 Å². The van der Waals surface area contributed by atoms with Crippen LogP contribution in [0.2, 0.25) is 26.2 Å². The quantitative estimate of drug-likeness (QED) is 0.475. The average Bonchev–Trinajstić information content (AvgIpc) is 2.68. The Balaban J connectivity index is 0.00000162. The Kier molecular flexibility index (Phi) is 6.38. The van der Waals surface area contributed by atoms with Gasteiger partial charge in [0.1, 0.15) is 0 Å². The molecule has 0 aromatic heterocycles. The molecular weight excluding hydrogens is 355 g/mol. The molecule has 1 aliphatic heterocycles. The van der Waals surface area contributed by atoms with Crippen molar-refractivity contribution < 1.29 is 58.9 Å². The van der Waals surface area contributed by atoms with E-state index in [9.17, 15) is 4.79 Å². The van der Waals surface area contributed by atoms with Crippen LogP contribution in [-0.4, -0.2) is 29.0 Å². The zero-order valence-electron chi connectivity index (χ0n) is 11.7. The molecule has 2 aliphatic rings. The molecule has 2 rings (SSSR count). The number of hydrogen-bond acceptors (Lipinski definition) is 3. The molecule has 0 radical (unpaired) electrons. The maximum absolute atomic E-state index is 12.1.